The fourth-order valence-electron chi connectivity index (χ4n) is 6.33. The average molecular weight is 399 g/mol. The molecule has 4 aliphatic rings. The molecule has 3 fully saturated rings. The lowest BCUT2D eigenvalue weighted by Crippen LogP contribution is -2.34. The standard InChI is InChI=1S/C22H26N2O3S/c1-10(2)15-12-8-9-13(15)17-16(12)20(26)24(21(17)27)22-18(19(23)25)11-6-4-3-5-7-14(11)28-22/h12-13,16-17H,3-9H2,1-2H3,(H2,23,25)/t12-,13-,16-,17-/m1/s1. The van der Waals surface area contributed by atoms with Crippen molar-refractivity contribution in [3.63, 3.8) is 0 Å². The zero-order chi connectivity index (χ0) is 19.7. The van der Waals surface area contributed by atoms with Crippen LogP contribution in [0.4, 0.5) is 5.00 Å². The summed E-state index contributed by atoms with van der Waals surface area (Å²) in [6.45, 7) is 4.19. The number of hydrogen-bond acceptors (Lipinski definition) is 4. The maximum absolute atomic E-state index is 13.4. The number of imide groups is 1. The number of allylic oxidation sites excluding steroid dienone is 2. The quantitative estimate of drug-likeness (QED) is 0.470. The van der Waals surface area contributed by atoms with E-state index in [1.54, 1.807) is 0 Å². The number of primary amides is 1. The van der Waals surface area contributed by atoms with Gasteiger partial charge < -0.3 is 5.73 Å². The van der Waals surface area contributed by atoms with Crippen LogP contribution in [-0.2, 0) is 22.4 Å². The smallest absolute Gasteiger partial charge is 0.252 e. The van der Waals surface area contributed by atoms with Crippen molar-refractivity contribution in [3.05, 3.63) is 27.2 Å². The van der Waals surface area contributed by atoms with Crippen LogP contribution in [0.25, 0.3) is 0 Å². The number of thiophene rings is 1. The minimum absolute atomic E-state index is 0.111. The van der Waals surface area contributed by atoms with E-state index in [-0.39, 0.29) is 35.5 Å². The molecule has 5 rings (SSSR count). The second-order valence-corrected chi connectivity index (χ2v) is 10.0. The molecule has 1 aliphatic heterocycles. The van der Waals surface area contributed by atoms with E-state index < -0.39 is 5.91 Å². The van der Waals surface area contributed by atoms with Gasteiger partial charge in [0.05, 0.1) is 17.4 Å². The monoisotopic (exact) mass is 398 g/mol. The topological polar surface area (TPSA) is 80.5 Å². The minimum atomic E-state index is -0.514. The van der Waals surface area contributed by atoms with Gasteiger partial charge in [-0.1, -0.05) is 17.6 Å². The number of hydrogen-bond donors (Lipinski definition) is 1. The maximum atomic E-state index is 13.4. The van der Waals surface area contributed by atoms with Crippen molar-refractivity contribution in [1.82, 2.24) is 0 Å². The number of nitrogens with two attached hydrogens (primary N) is 1. The molecule has 0 spiro atoms. The molecule has 0 unspecified atom stereocenters. The molecule has 0 aromatic carbocycles. The molecule has 3 aliphatic carbocycles. The molecule has 2 heterocycles. The lowest BCUT2D eigenvalue weighted by Gasteiger charge is -2.19. The van der Waals surface area contributed by atoms with Gasteiger partial charge in [0.15, 0.2) is 0 Å². The summed E-state index contributed by atoms with van der Waals surface area (Å²) in [6.07, 6.45) is 6.91. The molecule has 2 saturated carbocycles. The van der Waals surface area contributed by atoms with E-state index in [0.29, 0.717) is 10.6 Å². The average Bonchev–Trinajstić information content (AvgIpc) is 3.32. The van der Waals surface area contributed by atoms with Gasteiger partial charge in [0, 0.05) is 4.88 Å². The molecular weight excluding hydrogens is 372 g/mol. The van der Waals surface area contributed by atoms with Gasteiger partial charge in [-0.15, -0.1) is 11.3 Å². The van der Waals surface area contributed by atoms with Crippen molar-refractivity contribution < 1.29 is 14.4 Å². The van der Waals surface area contributed by atoms with Gasteiger partial charge in [0.25, 0.3) is 5.91 Å². The van der Waals surface area contributed by atoms with Crippen LogP contribution in [0.15, 0.2) is 11.1 Å². The second kappa shape index (κ2) is 6.28. The van der Waals surface area contributed by atoms with Crippen LogP contribution in [0.3, 0.4) is 0 Å². The Balaban J connectivity index is 1.60. The fourth-order valence-corrected chi connectivity index (χ4v) is 7.74. The molecule has 1 aromatic rings. The summed E-state index contributed by atoms with van der Waals surface area (Å²) in [5, 5.41) is 0.502. The molecule has 5 nitrogen and oxygen atoms in total. The number of rotatable bonds is 2. The van der Waals surface area contributed by atoms with E-state index in [2.05, 4.69) is 13.8 Å². The fraction of sp³-hybridized carbons (Fsp3) is 0.591. The summed E-state index contributed by atoms with van der Waals surface area (Å²) < 4.78 is 0. The molecule has 2 N–H and O–H groups in total. The molecule has 0 radical (unpaired) electrons. The van der Waals surface area contributed by atoms with E-state index in [1.807, 2.05) is 0 Å². The predicted molar refractivity (Wildman–Crippen MR) is 108 cm³/mol. The number of fused-ring (bicyclic) bond motifs is 6. The van der Waals surface area contributed by atoms with Crippen LogP contribution in [-0.4, -0.2) is 17.7 Å². The van der Waals surface area contributed by atoms with E-state index in [0.717, 1.165) is 55.4 Å². The zero-order valence-electron chi connectivity index (χ0n) is 16.4. The molecule has 1 saturated heterocycles. The zero-order valence-corrected chi connectivity index (χ0v) is 17.2. The number of carbonyl (C=O) groups is 3. The highest BCUT2D eigenvalue weighted by Gasteiger charge is 2.64. The predicted octanol–water partition coefficient (Wildman–Crippen LogP) is 3.60. The highest BCUT2D eigenvalue weighted by atomic mass is 32.1. The van der Waals surface area contributed by atoms with Crippen LogP contribution >= 0.6 is 11.3 Å². The third-order valence-electron chi connectivity index (χ3n) is 7.28. The van der Waals surface area contributed by atoms with Crippen LogP contribution in [0.5, 0.6) is 0 Å². The summed E-state index contributed by atoms with van der Waals surface area (Å²) in [4.78, 5) is 41.7. The van der Waals surface area contributed by atoms with Crippen molar-refractivity contribution in [3.8, 4) is 0 Å². The highest BCUT2D eigenvalue weighted by Crippen LogP contribution is 2.61. The normalized spacial score (nSPS) is 31.2. The van der Waals surface area contributed by atoms with Gasteiger partial charge in [-0.25, -0.2) is 4.90 Å². The molecule has 1 aromatic heterocycles. The maximum Gasteiger partial charge on any atom is 0.252 e. The Labute approximate surface area is 169 Å². The summed E-state index contributed by atoms with van der Waals surface area (Å²) in [5.74, 6) is -0.857. The second-order valence-electron chi connectivity index (χ2n) is 8.92. The van der Waals surface area contributed by atoms with E-state index in [9.17, 15) is 14.4 Å². The number of aryl methyl sites for hydroxylation is 1. The van der Waals surface area contributed by atoms with Crippen molar-refractivity contribution in [2.45, 2.75) is 58.8 Å². The number of carbonyl (C=O) groups excluding carboxylic acids is 3. The molecule has 2 bridgehead atoms. The van der Waals surface area contributed by atoms with Crippen molar-refractivity contribution in [1.29, 1.82) is 0 Å². The lowest BCUT2D eigenvalue weighted by atomic mass is 9.81. The van der Waals surface area contributed by atoms with Gasteiger partial charge in [-0.2, -0.15) is 0 Å². The first-order valence-corrected chi connectivity index (χ1v) is 11.2. The Morgan fingerprint density at radius 2 is 1.61 bits per heavy atom. The lowest BCUT2D eigenvalue weighted by molar-refractivity contribution is -0.122. The number of amides is 3. The van der Waals surface area contributed by atoms with E-state index in [4.69, 9.17) is 5.73 Å². The Morgan fingerprint density at radius 1 is 1.00 bits per heavy atom. The first kappa shape index (κ1) is 18.1. The summed E-state index contributed by atoms with van der Waals surface area (Å²) in [6, 6.07) is 0. The molecular formula is C22H26N2O3S. The third kappa shape index (κ3) is 2.27. The van der Waals surface area contributed by atoms with Crippen LogP contribution < -0.4 is 10.6 Å². The van der Waals surface area contributed by atoms with Gasteiger partial charge >= 0.3 is 0 Å². The van der Waals surface area contributed by atoms with E-state index in [1.165, 1.54) is 27.4 Å². The van der Waals surface area contributed by atoms with Crippen LogP contribution in [0.1, 0.15) is 66.8 Å². The molecule has 148 valence electrons. The van der Waals surface area contributed by atoms with Crippen LogP contribution in [0, 0.1) is 23.7 Å². The molecule has 3 amide bonds. The van der Waals surface area contributed by atoms with Crippen LogP contribution in [0.2, 0.25) is 0 Å². The number of nitrogens with zero attached hydrogens (tertiary/aromatic N) is 1. The van der Waals surface area contributed by atoms with Crippen molar-refractivity contribution >= 4 is 34.1 Å². The van der Waals surface area contributed by atoms with E-state index >= 15 is 0 Å². The van der Waals surface area contributed by atoms with Gasteiger partial charge in [0.2, 0.25) is 11.8 Å². The van der Waals surface area contributed by atoms with Gasteiger partial charge in [-0.3, -0.25) is 14.4 Å². The third-order valence-corrected chi connectivity index (χ3v) is 8.56. The SMILES string of the molecule is CC(C)=C1[C@H]2CC[C@H]1[C@H]1C(=O)N(c3sc4c(c3C(N)=O)CCCCC4)C(=O)[C@@H]12. The molecule has 4 atom stereocenters. The largest absolute Gasteiger partial charge is 0.365 e. The van der Waals surface area contributed by atoms with Gasteiger partial charge in [-0.05, 0) is 69.8 Å². The summed E-state index contributed by atoms with van der Waals surface area (Å²) in [5.41, 5.74) is 9.76. The Bertz CT molecular complexity index is 908. The highest BCUT2D eigenvalue weighted by molar-refractivity contribution is 7.17. The first-order chi connectivity index (χ1) is 13.4. The van der Waals surface area contributed by atoms with Crippen molar-refractivity contribution in [2.75, 3.05) is 4.90 Å². The number of anilines is 1. The van der Waals surface area contributed by atoms with Crippen molar-refractivity contribution in [2.24, 2.45) is 29.4 Å². The molecule has 28 heavy (non-hydrogen) atoms. The van der Waals surface area contributed by atoms with Gasteiger partial charge in [0.1, 0.15) is 5.00 Å². The Kier molecular flexibility index (Phi) is 4.06. The first-order valence-electron chi connectivity index (χ1n) is 10.4. The minimum Gasteiger partial charge on any atom is -0.365 e. The Hall–Kier alpha value is -1.95. The summed E-state index contributed by atoms with van der Waals surface area (Å²) >= 11 is 1.45. The Morgan fingerprint density at radius 3 is 2.18 bits per heavy atom. The molecule has 6 heteroatoms. The summed E-state index contributed by atoms with van der Waals surface area (Å²) in [7, 11) is 0.